The van der Waals surface area contributed by atoms with E-state index in [4.69, 9.17) is 21.1 Å². The molecule has 0 aliphatic carbocycles. The molecule has 0 aliphatic rings. The molecule has 0 bridgehead atoms. The molecule has 0 radical (unpaired) electrons. The molecule has 3 nitrogen and oxygen atoms in total. The fourth-order valence-electron chi connectivity index (χ4n) is 1.46. The zero-order valence-electron chi connectivity index (χ0n) is 10.6. The number of ether oxygens (including phenoxy) is 2. The Hall–Kier alpha value is -0.770. The minimum absolute atomic E-state index is 0.287. The Labute approximate surface area is 108 Å². The third-order valence-corrected chi connectivity index (χ3v) is 2.93. The van der Waals surface area contributed by atoms with Gasteiger partial charge in [0.1, 0.15) is 5.75 Å². The first-order valence-electron chi connectivity index (χ1n) is 5.77. The minimum atomic E-state index is 0.287. The van der Waals surface area contributed by atoms with Crippen LogP contribution in [-0.2, 0) is 4.74 Å². The first-order valence-corrected chi connectivity index (χ1v) is 6.15. The monoisotopic (exact) mass is 257 g/mol. The van der Waals surface area contributed by atoms with E-state index < -0.39 is 0 Å². The van der Waals surface area contributed by atoms with Crippen LogP contribution in [0.25, 0.3) is 0 Å². The van der Waals surface area contributed by atoms with E-state index in [0.717, 1.165) is 17.7 Å². The number of hydrogen-bond donors (Lipinski definition) is 1. The summed E-state index contributed by atoms with van der Waals surface area (Å²) in [6.07, 6.45) is 0.863. The van der Waals surface area contributed by atoms with Crippen molar-refractivity contribution in [1.29, 1.82) is 0 Å². The predicted molar refractivity (Wildman–Crippen MR) is 70.9 cm³/mol. The molecule has 0 spiro atoms. The van der Waals surface area contributed by atoms with Crippen LogP contribution in [0.3, 0.4) is 0 Å². The second-order valence-electron chi connectivity index (χ2n) is 3.90. The van der Waals surface area contributed by atoms with Crippen molar-refractivity contribution in [2.24, 2.45) is 0 Å². The van der Waals surface area contributed by atoms with Gasteiger partial charge in [-0.2, -0.15) is 0 Å². The van der Waals surface area contributed by atoms with E-state index in [9.17, 15) is 0 Å². The van der Waals surface area contributed by atoms with Crippen LogP contribution in [0.15, 0.2) is 18.2 Å². The lowest BCUT2D eigenvalue weighted by atomic mass is 10.1. The van der Waals surface area contributed by atoms with Gasteiger partial charge in [-0.1, -0.05) is 17.7 Å². The van der Waals surface area contributed by atoms with Crippen LogP contribution in [-0.4, -0.2) is 27.4 Å². The highest BCUT2D eigenvalue weighted by atomic mass is 35.5. The van der Waals surface area contributed by atoms with Gasteiger partial charge in [0.15, 0.2) is 0 Å². The highest BCUT2D eigenvalue weighted by Gasteiger charge is 2.07. The van der Waals surface area contributed by atoms with E-state index in [1.165, 1.54) is 0 Å². The Bertz CT molecular complexity index is 344. The molecule has 1 unspecified atom stereocenters. The van der Waals surface area contributed by atoms with Gasteiger partial charge in [-0.05, 0) is 31.7 Å². The number of benzene rings is 1. The molecule has 0 saturated carbocycles. The summed E-state index contributed by atoms with van der Waals surface area (Å²) in [6.45, 7) is 3.41. The summed E-state index contributed by atoms with van der Waals surface area (Å²) in [5, 5.41) is 3.83. The molecule has 0 aromatic heterocycles. The predicted octanol–water partition coefficient (Wildman–Crippen LogP) is 3.04. The second-order valence-corrected chi connectivity index (χ2v) is 4.30. The summed E-state index contributed by atoms with van der Waals surface area (Å²) in [5.41, 5.74) is 1.15. The van der Waals surface area contributed by atoms with Crippen LogP contribution in [0.5, 0.6) is 5.75 Å². The summed E-state index contributed by atoms with van der Waals surface area (Å²) in [7, 11) is 3.61. The van der Waals surface area contributed by atoms with Crippen molar-refractivity contribution in [2.75, 3.05) is 27.4 Å². The molecule has 1 atom stereocenters. The van der Waals surface area contributed by atoms with Gasteiger partial charge in [0, 0.05) is 26.2 Å². The van der Waals surface area contributed by atoms with Gasteiger partial charge in [-0.25, -0.2) is 0 Å². The van der Waals surface area contributed by atoms with Crippen molar-refractivity contribution in [3.05, 3.63) is 28.8 Å². The van der Waals surface area contributed by atoms with Crippen molar-refractivity contribution in [1.82, 2.24) is 5.32 Å². The highest BCUT2D eigenvalue weighted by molar-refractivity contribution is 6.32. The molecule has 4 heteroatoms. The van der Waals surface area contributed by atoms with E-state index in [-0.39, 0.29) is 6.04 Å². The van der Waals surface area contributed by atoms with Gasteiger partial charge >= 0.3 is 0 Å². The van der Waals surface area contributed by atoms with Crippen LogP contribution in [0.4, 0.5) is 0 Å². The first kappa shape index (κ1) is 14.3. The van der Waals surface area contributed by atoms with Crippen LogP contribution in [0.1, 0.15) is 24.9 Å². The maximum Gasteiger partial charge on any atom is 0.137 e. The Morgan fingerprint density at radius 1 is 1.35 bits per heavy atom. The van der Waals surface area contributed by atoms with Crippen LogP contribution < -0.4 is 10.1 Å². The second kappa shape index (κ2) is 7.54. The van der Waals surface area contributed by atoms with Gasteiger partial charge < -0.3 is 14.8 Å². The van der Waals surface area contributed by atoms with Crippen molar-refractivity contribution in [2.45, 2.75) is 19.4 Å². The SMILES string of the molecule is CNC(C)c1ccc(OCCCOC)c(Cl)c1. The van der Waals surface area contributed by atoms with Gasteiger partial charge in [0.25, 0.3) is 0 Å². The molecule has 0 fully saturated rings. The standard InChI is InChI=1S/C13H20ClNO2/c1-10(15-2)11-5-6-13(12(14)9-11)17-8-4-7-16-3/h5-6,9-10,15H,4,7-8H2,1-3H3. The molecule has 1 N–H and O–H groups in total. The van der Waals surface area contributed by atoms with E-state index in [0.29, 0.717) is 18.2 Å². The fraction of sp³-hybridized carbons (Fsp3) is 0.538. The zero-order valence-corrected chi connectivity index (χ0v) is 11.4. The molecule has 0 aliphatic heterocycles. The Kier molecular flexibility index (Phi) is 6.34. The topological polar surface area (TPSA) is 30.5 Å². The molecule has 0 saturated heterocycles. The third kappa shape index (κ3) is 4.54. The highest BCUT2D eigenvalue weighted by Crippen LogP contribution is 2.27. The average molecular weight is 258 g/mol. The first-order chi connectivity index (χ1) is 8.19. The maximum absolute atomic E-state index is 6.16. The Morgan fingerprint density at radius 3 is 2.71 bits per heavy atom. The van der Waals surface area contributed by atoms with E-state index in [1.54, 1.807) is 7.11 Å². The molecule has 1 aromatic rings. The Morgan fingerprint density at radius 2 is 2.12 bits per heavy atom. The zero-order chi connectivity index (χ0) is 12.7. The van der Waals surface area contributed by atoms with Crippen molar-refractivity contribution in [3.8, 4) is 5.75 Å². The normalized spacial score (nSPS) is 12.5. The summed E-state index contributed by atoms with van der Waals surface area (Å²) in [4.78, 5) is 0. The van der Waals surface area contributed by atoms with Gasteiger partial charge in [-0.15, -0.1) is 0 Å². The minimum Gasteiger partial charge on any atom is -0.492 e. The quantitative estimate of drug-likeness (QED) is 0.762. The molecule has 1 aromatic carbocycles. The van der Waals surface area contributed by atoms with Crippen LogP contribution in [0, 0.1) is 0 Å². The summed E-state index contributed by atoms with van der Waals surface area (Å²) < 4.78 is 10.5. The number of halogens is 1. The van der Waals surface area contributed by atoms with Crippen molar-refractivity contribution in [3.63, 3.8) is 0 Å². The van der Waals surface area contributed by atoms with Crippen LogP contribution in [0.2, 0.25) is 5.02 Å². The molecule has 0 heterocycles. The lowest BCUT2D eigenvalue weighted by Gasteiger charge is -2.13. The number of hydrogen-bond acceptors (Lipinski definition) is 3. The number of methoxy groups -OCH3 is 1. The average Bonchev–Trinajstić information content (AvgIpc) is 2.35. The molecular formula is C13H20ClNO2. The van der Waals surface area contributed by atoms with E-state index in [1.807, 2.05) is 25.2 Å². The molecule has 17 heavy (non-hydrogen) atoms. The van der Waals surface area contributed by atoms with Crippen molar-refractivity contribution < 1.29 is 9.47 Å². The molecule has 0 amide bonds. The van der Waals surface area contributed by atoms with Crippen LogP contribution >= 0.6 is 11.6 Å². The summed E-state index contributed by atoms with van der Waals surface area (Å²) in [5.74, 6) is 0.731. The van der Waals surface area contributed by atoms with E-state index >= 15 is 0 Å². The summed E-state index contributed by atoms with van der Waals surface area (Å²) in [6, 6.07) is 6.17. The lowest BCUT2D eigenvalue weighted by Crippen LogP contribution is -2.12. The number of nitrogens with one attached hydrogen (secondary N) is 1. The van der Waals surface area contributed by atoms with Gasteiger partial charge in [-0.3, -0.25) is 0 Å². The fourth-order valence-corrected chi connectivity index (χ4v) is 1.70. The largest absolute Gasteiger partial charge is 0.492 e. The third-order valence-electron chi connectivity index (χ3n) is 2.64. The van der Waals surface area contributed by atoms with Gasteiger partial charge in [0.05, 0.1) is 11.6 Å². The molecule has 1 rings (SSSR count). The maximum atomic E-state index is 6.16. The Balaban J connectivity index is 2.57. The number of rotatable bonds is 7. The smallest absolute Gasteiger partial charge is 0.137 e. The van der Waals surface area contributed by atoms with Crippen molar-refractivity contribution >= 4 is 11.6 Å². The van der Waals surface area contributed by atoms with Gasteiger partial charge in [0.2, 0.25) is 0 Å². The molecule has 96 valence electrons. The van der Waals surface area contributed by atoms with E-state index in [2.05, 4.69) is 12.2 Å². The molecular weight excluding hydrogens is 238 g/mol. The lowest BCUT2D eigenvalue weighted by molar-refractivity contribution is 0.172. The summed E-state index contributed by atoms with van der Waals surface area (Å²) >= 11 is 6.16.